The van der Waals surface area contributed by atoms with Crippen LogP contribution in [0.25, 0.3) is 0 Å². The Bertz CT molecular complexity index is 450. The second kappa shape index (κ2) is 6.12. The molecule has 1 saturated heterocycles. The Morgan fingerprint density at radius 1 is 1.58 bits per heavy atom. The molecule has 0 amide bonds. The lowest BCUT2D eigenvalue weighted by Gasteiger charge is -2.17. The van der Waals surface area contributed by atoms with Gasteiger partial charge >= 0.3 is 0 Å². The maximum Gasteiger partial charge on any atom is 0.269 e. The van der Waals surface area contributed by atoms with Gasteiger partial charge in [-0.3, -0.25) is 10.1 Å². The van der Waals surface area contributed by atoms with Crippen LogP contribution in [0.4, 0.5) is 5.69 Å². The summed E-state index contributed by atoms with van der Waals surface area (Å²) in [7, 11) is 2.14. The number of rotatable bonds is 5. The minimum Gasteiger partial charge on any atom is -0.310 e. The fourth-order valence-electron chi connectivity index (χ4n) is 2.56. The van der Waals surface area contributed by atoms with Gasteiger partial charge in [-0.15, -0.1) is 0 Å². The molecule has 5 heteroatoms. The maximum atomic E-state index is 10.8. The van der Waals surface area contributed by atoms with Gasteiger partial charge in [0, 0.05) is 24.7 Å². The first-order valence-electron chi connectivity index (χ1n) is 6.72. The third-order valence-corrected chi connectivity index (χ3v) is 3.78. The molecule has 0 radical (unpaired) electrons. The lowest BCUT2D eigenvalue weighted by atomic mass is 10.1. The molecule has 1 aromatic rings. The summed E-state index contributed by atoms with van der Waals surface area (Å²) in [4.78, 5) is 12.8. The summed E-state index contributed by atoms with van der Waals surface area (Å²) in [6.07, 6.45) is 1.23. The number of hydrogen-bond donors (Lipinski definition) is 1. The predicted octanol–water partition coefficient (Wildman–Crippen LogP) is 2.20. The van der Waals surface area contributed by atoms with Gasteiger partial charge in [0.15, 0.2) is 0 Å². The van der Waals surface area contributed by atoms with Crippen LogP contribution in [0.3, 0.4) is 0 Å². The van der Waals surface area contributed by atoms with E-state index in [0.717, 1.165) is 25.2 Å². The van der Waals surface area contributed by atoms with Crippen molar-refractivity contribution >= 4 is 5.69 Å². The lowest BCUT2D eigenvalue weighted by molar-refractivity contribution is -0.384. The van der Waals surface area contributed by atoms with E-state index >= 15 is 0 Å². The summed E-state index contributed by atoms with van der Waals surface area (Å²) in [6, 6.07) is 7.01. The van der Waals surface area contributed by atoms with Crippen LogP contribution in [-0.4, -0.2) is 36.5 Å². The highest BCUT2D eigenvalue weighted by molar-refractivity contribution is 5.35. The Morgan fingerprint density at radius 3 is 3.00 bits per heavy atom. The SMILES string of the molecule is CC(NCC1CCN(C)C1)c1cccc([N+](=O)[O-])c1. The molecule has 2 unspecified atom stereocenters. The van der Waals surface area contributed by atoms with Crippen molar-refractivity contribution in [1.29, 1.82) is 0 Å². The zero-order valence-electron chi connectivity index (χ0n) is 11.5. The first kappa shape index (κ1) is 14.0. The predicted molar refractivity (Wildman–Crippen MR) is 75.1 cm³/mol. The third-order valence-electron chi connectivity index (χ3n) is 3.78. The van der Waals surface area contributed by atoms with Crippen LogP contribution in [0.15, 0.2) is 24.3 Å². The van der Waals surface area contributed by atoms with Crippen LogP contribution in [0, 0.1) is 16.0 Å². The molecule has 0 aromatic heterocycles. The standard InChI is InChI=1S/C14H21N3O2/c1-11(15-9-12-6-7-16(2)10-12)13-4-3-5-14(8-13)17(18)19/h3-5,8,11-12,15H,6-7,9-10H2,1-2H3. The molecular formula is C14H21N3O2. The highest BCUT2D eigenvalue weighted by Crippen LogP contribution is 2.20. The molecule has 0 aliphatic carbocycles. The van der Waals surface area contributed by atoms with Gasteiger partial charge < -0.3 is 10.2 Å². The zero-order valence-corrected chi connectivity index (χ0v) is 11.5. The number of nitrogens with zero attached hydrogens (tertiary/aromatic N) is 2. The van der Waals surface area contributed by atoms with Crippen molar-refractivity contribution in [2.24, 2.45) is 5.92 Å². The van der Waals surface area contributed by atoms with Gasteiger partial charge in [-0.2, -0.15) is 0 Å². The molecule has 2 rings (SSSR count). The molecule has 1 aliphatic heterocycles. The third kappa shape index (κ3) is 3.75. The van der Waals surface area contributed by atoms with E-state index in [0.29, 0.717) is 5.92 Å². The van der Waals surface area contributed by atoms with Crippen LogP contribution in [0.2, 0.25) is 0 Å². The van der Waals surface area contributed by atoms with Gasteiger partial charge in [0.2, 0.25) is 0 Å². The summed E-state index contributed by atoms with van der Waals surface area (Å²) in [5.74, 6) is 0.686. The number of nitro benzene ring substituents is 1. The van der Waals surface area contributed by atoms with Crippen LogP contribution >= 0.6 is 0 Å². The number of hydrogen-bond acceptors (Lipinski definition) is 4. The van der Waals surface area contributed by atoms with E-state index in [1.54, 1.807) is 12.1 Å². The minimum absolute atomic E-state index is 0.144. The Hall–Kier alpha value is -1.46. The Kier molecular flexibility index (Phi) is 4.50. The van der Waals surface area contributed by atoms with Crippen LogP contribution in [0.1, 0.15) is 24.9 Å². The van der Waals surface area contributed by atoms with Crippen molar-refractivity contribution < 1.29 is 4.92 Å². The highest BCUT2D eigenvalue weighted by atomic mass is 16.6. The molecule has 1 fully saturated rings. The van der Waals surface area contributed by atoms with E-state index in [4.69, 9.17) is 0 Å². The summed E-state index contributed by atoms with van der Waals surface area (Å²) >= 11 is 0. The van der Waals surface area contributed by atoms with E-state index in [1.165, 1.54) is 12.5 Å². The first-order valence-corrected chi connectivity index (χ1v) is 6.72. The fourth-order valence-corrected chi connectivity index (χ4v) is 2.56. The Labute approximate surface area is 113 Å². The molecule has 0 spiro atoms. The summed E-state index contributed by atoms with van der Waals surface area (Å²) in [5, 5.41) is 14.2. The lowest BCUT2D eigenvalue weighted by Crippen LogP contribution is -2.27. The molecule has 1 aromatic carbocycles. The van der Waals surface area contributed by atoms with E-state index < -0.39 is 0 Å². The molecule has 0 bridgehead atoms. The number of benzene rings is 1. The second-order valence-electron chi connectivity index (χ2n) is 5.40. The topological polar surface area (TPSA) is 58.4 Å². The maximum absolute atomic E-state index is 10.8. The van der Waals surface area contributed by atoms with Gasteiger partial charge in [-0.1, -0.05) is 12.1 Å². The molecule has 0 saturated carbocycles. The minimum atomic E-state index is -0.345. The van der Waals surface area contributed by atoms with Gasteiger partial charge in [0.25, 0.3) is 5.69 Å². The van der Waals surface area contributed by atoms with Crippen LogP contribution in [0.5, 0.6) is 0 Å². The molecular weight excluding hydrogens is 242 g/mol. The molecule has 104 valence electrons. The van der Waals surface area contributed by atoms with E-state index in [9.17, 15) is 10.1 Å². The smallest absolute Gasteiger partial charge is 0.269 e. The van der Waals surface area contributed by atoms with E-state index in [1.807, 2.05) is 6.07 Å². The number of nitro groups is 1. The summed E-state index contributed by atoms with van der Waals surface area (Å²) in [5.41, 5.74) is 1.13. The molecule has 1 N–H and O–H groups in total. The van der Waals surface area contributed by atoms with Crippen molar-refractivity contribution in [3.05, 3.63) is 39.9 Å². The van der Waals surface area contributed by atoms with Crippen molar-refractivity contribution in [3.8, 4) is 0 Å². The molecule has 1 heterocycles. The van der Waals surface area contributed by atoms with Crippen molar-refractivity contribution in [3.63, 3.8) is 0 Å². The quantitative estimate of drug-likeness (QED) is 0.653. The summed E-state index contributed by atoms with van der Waals surface area (Å²) < 4.78 is 0. The van der Waals surface area contributed by atoms with E-state index in [2.05, 4.69) is 24.2 Å². The average molecular weight is 263 g/mol. The average Bonchev–Trinajstić information content (AvgIpc) is 2.82. The van der Waals surface area contributed by atoms with Crippen LogP contribution < -0.4 is 5.32 Å². The molecule has 19 heavy (non-hydrogen) atoms. The molecule has 1 aliphatic rings. The largest absolute Gasteiger partial charge is 0.310 e. The fraction of sp³-hybridized carbons (Fsp3) is 0.571. The molecule has 2 atom stereocenters. The van der Waals surface area contributed by atoms with Crippen LogP contribution in [-0.2, 0) is 0 Å². The van der Waals surface area contributed by atoms with Crippen molar-refractivity contribution in [2.45, 2.75) is 19.4 Å². The highest BCUT2D eigenvalue weighted by Gasteiger charge is 2.20. The first-order chi connectivity index (χ1) is 9.06. The van der Waals surface area contributed by atoms with E-state index in [-0.39, 0.29) is 16.7 Å². The number of nitrogens with one attached hydrogen (secondary N) is 1. The second-order valence-corrected chi connectivity index (χ2v) is 5.40. The Balaban J connectivity index is 1.90. The Morgan fingerprint density at radius 2 is 2.37 bits per heavy atom. The van der Waals surface area contributed by atoms with Gasteiger partial charge in [-0.25, -0.2) is 0 Å². The number of likely N-dealkylation sites (tertiary alicyclic amines) is 1. The van der Waals surface area contributed by atoms with Crippen molar-refractivity contribution in [2.75, 3.05) is 26.7 Å². The van der Waals surface area contributed by atoms with Crippen molar-refractivity contribution in [1.82, 2.24) is 10.2 Å². The van der Waals surface area contributed by atoms with Gasteiger partial charge in [0.05, 0.1) is 4.92 Å². The van der Waals surface area contributed by atoms with Gasteiger partial charge in [0.1, 0.15) is 0 Å². The summed E-state index contributed by atoms with van der Waals surface area (Å²) in [6.45, 7) is 5.32. The molecule has 5 nitrogen and oxygen atoms in total. The van der Waals surface area contributed by atoms with Gasteiger partial charge in [-0.05, 0) is 45.0 Å². The number of non-ortho nitro benzene ring substituents is 1. The normalized spacial score (nSPS) is 21.5. The zero-order chi connectivity index (χ0) is 13.8. The monoisotopic (exact) mass is 263 g/mol.